The number of hydrogen-bond acceptors (Lipinski definition) is 3. The summed E-state index contributed by atoms with van der Waals surface area (Å²) >= 11 is 0. The predicted molar refractivity (Wildman–Crippen MR) is 64.9 cm³/mol. The molecule has 2 rings (SSSR count). The van der Waals surface area contributed by atoms with Crippen molar-refractivity contribution in [3.63, 3.8) is 0 Å². The zero-order valence-electron chi connectivity index (χ0n) is 9.69. The SMILES string of the molecule is O=C(O)Cc1ccccc1.O=C1CCNCC1. The molecule has 17 heavy (non-hydrogen) atoms. The van der Waals surface area contributed by atoms with E-state index in [1.807, 2.05) is 18.2 Å². The Labute approximate surface area is 101 Å². The number of ketones is 1. The van der Waals surface area contributed by atoms with E-state index in [0.29, 0.717) is 5.78 Å². The molecular formula is C13H17NO3. The molecule has 1 fully saturated rings. The lowest BCUT2D eigenvalue weighted by Gasteiger charge is -2.08. The molecule has 0 saturated carbocycles. The number of nitrogens with one attached hydrogen (secondary N) is 1. The molecule has 4 nitrogen and oxygen atoms in total. The Kier molecular flexibility index (Phi) is 5.96. The van der Waals surface area contributed by atoms with E-state index in [1.165, 1.54) is 0 Å². The van der Waals surface area contributed by atoms with E-state index in [9.17, 15) is 9.59 Å². The molecule has 0 spiro atoms. The topological polar surface area (TPSA) is 66.4 Å². The number of carboxylic acid groups (broad SMARTS) is 1. The van der Waals surface area contributed by atoms with Gasteiger partial charge in [0, 0.05) is 25.9 Å². The molecule has 0 atom stereocenters. The molecule has 92 valence electrons. The highest BCUT2D eigenvalue weighted by Gasteiger charge is 2.04. The quantitative estimate of drug-likeness (QED) is 0.809. The second-order valence-electron chi connectivity index (χ2n) is 3.84. The Morgan fingerprint density at radius 2 is 1.76 bits per heavy atom. The number of carbonyl (C=O) groups is 2. The molecular weight excluding hydrogens is 218 g/mol. The fourth-order valence-electron chi connectivity index (χ4n) is 1.48. The summed E-state index contributed by atoms with van der Waals surface area (Å²) in [6.45, 7) is 1.78. The smallest absolute Gasteiger partial charge is 0.307 e. The van der Waals surface area contributed by atoms with Gasteiger partial charge < -0.3 is 10.4 Å². The second kappa shape index (κ2) is 7.57. The van der Waals surface area contributed by atoms with Gasteiger partial charge in [-0.05, 0) is 5.56 Å². The molecule has 1 aromatic rings. The van der Waals surface area contributed by atoms with Gasteiger partial charge in [-0.1, -0.05) is 30.3 Å². The third kappa shape index (κ3) is 6.48. The Morgan fingerprint density at radius 1 is 1.18 bits per heavy atom. The van der Waals surface area contributed by atoms with E-state index in [0.717, 1.165) is 31.5 Å². The van der Waals surface area contributed by atoms with Crippen molar-refractivity contribution >= 4 is 11.8 Å². The normalized spacial score (nSPS) is 14.7. The summed E-state index contributed by atoms with van der Waals surface area (Å²) in [6, 6.07) is 9.13. The van der Waals surface area contributed by atoms with Crippen molar-refractivity contribution in [1.82, 2.24) is 5.32 Å². The first-order chi connectivity index (χ1) is 8.18. The molecule has 0 aliphatic carbocycles. The summed E-state index contributed by atoms with van der Waals surface area (Å²) in [4.78, 5) is 20.6. The summed E-state index contributed by atoms with van der Waals surface area (Å²) in [7, 11) is 0. The zero-order valence-corrected chi connectivity index (χ0v) is 9.69. The summed E-state index contributed by atoms with van der Waals surface area (Å²) < 4.78 is 0. The highest BCUT2D eigenvalue weighted by molar-refractivity contribution is 5.79. The van der Waals surface area contributed by atoms with Crippen LogP contribution in [0.1, 0.15) is 18.4 Å². The van der Waals surface area contributed by atoms with Gasteiger partial charge in [0.15, 0.2) is 0 Å². The molecule has 4 heteroatoms. The van der Waals surface area contributed by atoms with Crippen molar-refractivity contribution in [2.24, 2.45) is 0 Å². The maximum atomic E-state index is 10.4. The number of Topliss-reactive ketones (excluding diaryl/α,β-unsaturated/α-hetero) is 1. The van der Waals surface area contributed by atoms with Gasteiger partial charge in [0.1, 0.15) is 5.78 Å². The lowest BCUT2D eigenvalue weighted by Crippen LogP contribution is -2.27. The number of hydrogen-bond donors (Lipinski definition) is 2. The minimum absolute atomic E-state index is 0.112. The van der Waals surface area contributed by atoms with Gasteiger partial charge in [-0.15, -0.1) is 0 Å². The largest absolute Gasteiger partial charge is 0.481 e. The van der Waals surface area contributed by atoms with Crippen LogP contribution in [0.5, 0.6) is 0 Å². The second-order valence-corrected chi connectivity index (χ2v) is 3.84. The van der Waals surface area contributed by atoms with Gasteiger partial charge in [-0.3, -0.25) is 9.59 Å². The number of rotatable bonds is 2. The summed E-state index contributed by atoms with van der Waals surface area (Å²) in [5.41, 5.74) is 0.843. The van der Waals surface area contributed by atoms with Gasteiger partial charge in [-0.2, -0.15) is 0 Å². The minimum atomic E-state index is -0.786. The molecule has 2 N–H and O–H groups in total. The molecule has 1 aromatic carbocycles. The van der Waals surface area contributed by atoms with E-state index < -0.39 is 5.97 Å². The molecule has 0 unspecified atom stereocenters. The average Bonchev–Trinajstić information content (AvgIpc) is 2.31. The van der Waals surface area contributed by atoms with E-state index in [1.54, 1.807) is 12.1 Å². The van der Waals surface area contributed by atoms with Crippen LogP contribution in [0.2, 0.25) is 0 Å². The monoisotopic (exact) mass is 235 g/mol. The van der Waals surface area contributed by atoms with Crippen LogP contribution in [0.25, 0.3) is 0 Å². The van der Waals surface area contributed by atoms with Crippen LogP contribution < -0.4 is 5.32 Å². The fraction of sp³-hybridized carbons (Fsp3) is 0.385. The first-order valence-electron chi connectivity index (χ1n) is 5.66. The summed E-state index contributed by atoms with van der Waals surface area (Å²) in [5, 5.41) is 11.5. The number of aliphatic carboxylic acids is 1. The van der Waals surface area contributed by atoms with E-state index >= 15 is 0 Å². The molecule has 1 saturated heterocycles. The summed E-state index contributed by atoms with van der Waals surface area (Å²) in [5.74, 6) is -0.384. The van der Waals surface area contributed by atoms with Crippen LogP contribution in [-0.2, 0) is 16.0 Å². The third-order valence-electron chi connectivity index (χ3n) is 2.36. The summed E-state index contributed by atoms with van der Waals surface area (Å²) in [6.07, 6.45) is 1.58. The zero-order chi connectivity index (χ0) is 12.5. The lowest BCUT2D eigenvalue weighted by atomic mass is 10.1. The van der Waals surface area contributed by atoms with Crippen molar-refractivity contribution in [3.05, 3.63) is 35.9 Å². The van der Waals surface area contributed by atoms with Gasteiger partial charge in [-0.25, -0.2) is 0 Å². The third-order valence-corrected chi connectivity index (χ3v) is 2.36. The van der Waals surface area contributed by atoms with Crippen LogP contribution in [0, 0.1) is 0 Å². The number of carboxylic acids is 1. The van der Waals surface area contributed by atoms with Crippen molar-refractivity contribution in [2.45, 2.75) is 19.3 Å². The van der Waals surface area contributed by atoms with Crippen molar-refractivity contribution in [2.75, 3.05) is 13.1 Å². The van der Waals surface area contributed by atoms with Crippen molar-refractivity contribution in [3.8, 4) is 0 Å². The first-order valence-corrected chi connectivity index (χ1v) is 5.66. The standard InChI is InChI=1S/C8H8O2.C5H9NO/c9-8(10)6-7-4-2-1-3-5-7;7-5-1-3-6-4-2-5/h1-5H,6H2,(H,9,10);6H,1-4H2. The molecule has 0 aromatic heterocycles. The highest BCUT2D eigenvalue weighted by Crippen LogP contribution is 1.98. The van der Waals surface area contributed by atoms with Gasteiger partial charge in [0.25, 0.3) is 0 Å². The van der Waals surface area contributed by atoms with E-state index in [-0.39, 0.29) is 6.42 Å². The molecule has 0 amide bonds. The van der Waals surface area contributed by atoms with Gasteiger partial charge in [0.05, 0.1) is 6.42 Å². The molecule has 1 heterocycles. The highest BCUT2D eigenvalue weighted by atomic mass is 16.4. The van der Waals surface area contributed by atoms with Gasteiger partial charge in [0.2, 0.25) is 0 Å². The van der Waals surface area contributed by atoms with Crippen LogP contribution >= 0.6 is 0 Å². The predicted octanol–water partition coefficient (Wildman–Crippen LogP) is 1.25. The van der Waals surface area contributed by atoms with Crippen molar-refractivity contribution in [1.29, 1.82) is 0 Å². The minimum Gasteiger partial charge on any atom is -0.481 e. The van der Waals surface area contributed by atoms with Gasteiger partial charge >= 0.3 is 5.97 Å². The number of piperidine rings is 1. The molecule has 1 aliphatic rings. The maximum Gasteiger partial charge on any atom is 0.307 e. The van der Waals surface area contributed by atoms with Crippen molar-refractivity contribution < 1.29 is 14.7 Å². The van der Waals surface area contributed by atoms with Crippen LogP contribution in [0.3, 0.4) is 0 Å². The Balaban J connectivity index is 0.000000181. The van der Waals surface area contributed by atoms with E-state index in [2.05, 4.69) is 5.32 Å². The number of benzene rings is 1. The first kappa shape index (κ1) is 13.4. The Morgan fingerprint density at radius 3 is 2.18 bits per heavy atom. The van der Waals surface area contributed by atoms with Crippen LogP contribution in [0.4, 0.5) is 0 Å². The lowest BCUT2D eigenvalue weighted by molar-refractivity contribution is -0.136. The Hall–Kier alpha value is -1.68. The van der Waals surface area contributed by atoms with E-state index in [4.69, 9.17) is 5.11 Å². The maximum absolute atomic E-state index is 10.4. The van der Waals surface area contributed by atoms with Crippen LogP contribution in [-0.4, -0.2) is 29.9 Å². The molecule has 0 radical (unpaired) electrons. The van der Waals surface area contributed by atoms with Crippen LogP contribution in [0.15, 0.2) is 30.3 Å². The number of carbonyl (C=O) groups excluding carboxylic acids is 1. The molecule has 1 aliphatic heterocycles. The fourth-order valence-corrected chi connectivity index (χ4v) is 1.48. The Bertz CT molecular complexity index is 354. The average molecular weight is 235 g/mol. The molecule has 0 bridgehead atoms.